The van der Waals surface area contributed by atoms with Gasteiger partial charge in [-0.2, -0.15) is 0 Å². The topological polar surface area (TPSA) is 72.8 Å². The molecule has 1 atom stereocenters. The lowest BCUT2D eigenvalue weighted by molar-refractivity contribution is -0.141. The van der Waals surface area contributed by atoms with Gasteiger partial charge in [-0.15, -0.1) is 0 Å². The molecule has 0 radical (unpaired) electrons. The van der Waals surface area contributed by atoms with Gasteiger partial charge in [0, 0.05) is 11.6 Å². The van der Waals surface area contributed by atoms with Crippen molar-refractivity contribution in [1.29, 1.82) is 0 Å². The highest BCUT2D eigenvalue weighted by atomic mass is 16.5. The molecule has 1 aromatic carbocycles. The van der Waals surface area contributed by atoms with Crippen molar-refractivity contribution in [3.8, 4) is 5.75 Å². The third-order valence-electron chi connectivity index (χ3n) is 2.18. The van der Waals surface area contributed by atoms with E-state index in [2.05, 4.69) is 0 Å². The van der Waals surface area contributed by atoms with E-state index in [9.17, 15) is 14.7 Å². The van der Waals surface area contributed by atoms with Crippen molar-refractivity contribution in [3.63, 3.8) is 0 Å². The maximum absolute atomic E-state index is 11.0. The normalized spacial score (nSPS) is 12.1. The molecule has 5 nitrogen and oxygen atoms in total. The van der Waals surface area contributed by atoms with Crippen molar-refractivity contribution < 1.29 is 24.2 Å². The molecule has 0 heterocycles. The molecule has 0 saturated carbocycles. The van der Waals surface area contributed by atoms with Crippen LogP contribution in [0.4, 0.5) is 0 Å². The maximum atomic E-state index is 11.0. The molecular weight excluding hydrogens is 248 g/mol. The molecule has 1 N–H and O–H groups in total. The molecular formula is C14H16O5. The van der Waals surface area contributed by atoms with Gasteiger partial charge in [0.25, 0.3) is 0 Å². The average Bonchev–Trinajstić information content (AvgIpc) is 2.44. The second-order valence-corrected chi connectivity index (χ2v) is 3.78. The average molecular weight is 264 g/mol. The van der Waals surface area contributed by atoms with Crippen molar-refractivity contribution in [2.24, 2.45) is 0 Å². The third kappa shape index (κ3) is 5.83. The lowest BCUT2D eigenvalue weighted by Gasteiger charge is -2.12. The summed E-state index contributed by atoms with van der Waals surface area (Å²) < 4.78 is 10.1. The number of aliphatic hydroxyl groups excluding tert-OH is 1. The van der Waals surface area contributed by atoms with Crippen LogP contribution in [0.15, 0.2) is 36.4 Å². The molecule has 1 aromatic rings. The van der Waals surface area contributed by atoms with Crippen LogP contribution < -0.4 is 4.74 Å². The number of carbonyl (C=O) groups excluding carboxylic acids is 2. The number of carbonyl (C=O) groups is 2. The fraction of sp³-hybridized carbons (Fsp3) is 0.286. The number of esters is 1. The number of aldehydes is 1. The molecule has 0 fully saturated rings. The molecule has 0 aliphatic carbocycles. The molecule has 0 aromatic heterocycles. The van der Waals surface area contributed by atoms with E-state index >= 15 is 0 Å². The Kier molecular flexibility index (Phi) is 6.32. The summed E-state index contributed by atoms with van der Waals surface area (Å²) in [6.07, 6.45) is 2.66. The lowest BCUT2D eigenvalue weighted by atomic mass is 10.2. The van der Waals surface area contributed by atoms with Crippen LogP contribution in [-0.4, -0.2) is 36.7 Å². The second kappa shape index (κ2) is 8.05. The highest BCUT2D eigenvalue weighted by Crippen LogP contribution is 2.11. The predicted octanol–water partition coefficient (Wildman–Crippen LogP) is 1.36. The lowest BCUT2D eigenvalue weighted by Crippen LogP contribution is -2.24. The molecule has 0 amide bonds. The summed E-state index contributed by atoms with van der Waals surface area (Å²) in [5.74, 6) is 0.0290. The van der Waals surface area contributed by atoms with Gasteiger partial charge in [0.2, 0.25) is 0 Å². The molecule has 0 spiro atoms. The monoisotopic (exact) mass is 264 g/mol. The number of aliphatic hydroxyl groups is 1. The molecule has 1 rings (SSSR count). The Balaban J connectivity index is 2.30. The Morgan fingerprint density at radius 2 is 2.00 bits per heavy atom. The van der Waals surface area contributed by atoms with Crippen LogP contribution in [0, 0.1) is 0 Å². The van der Waals surface area contributed by atoms with Crippen LogP contribution in [0.3, 0.4) is 0 Å². The smallest absolute Gasteiger partial charge is 0.330 e. The van der Waals surface area contributed by atoms with E-state index in [1.165, 1.54) is 6.08 Å². The SMILES string of the molecule is CC=CC(=O)OCC(O)COc1ccc(C=O)cc1. The van der Waals surface area contributed by atoms with Gasteiger partial charge in [0.15, 0.2) is 0 Å². The van der Waals surface area contributed by atoms with E-state index in [0.29, 0.717) is 11.3 Å². The highest BCUT2D eigenvalue weighted by Gasteiger charge is 2.08. The van der Waals surface area contributed by atoms with E-state index in [4.69, 9.17) is 9.47 Å². The van der Waals surface area contributed by atoms with Crippen LogP contribution in [0.5, 0.6) is 5.75 Å². The summed E-state index contributed by atoms with van der Waals surface area (Å²) in [7, 11) is 0. The zero-order valence-electron chi connectivity index (χ0n) is 10.6. The van der Waals surface area contributed by atoms with E-state index in [1.54, 1.807) is 37.3 Å². The van der Waals surface area contributed by atoms with Gasteiger partial charge in [-0.1, -0.05) is 6.08 Å². The fourth-order valence-corrected chi connectivity index (χ4v) is 1.25. The van der Waals surface area contributed by atoms with Crippen LogP contribution in [0.1, 0.15) is 17.3 Å². The van der Waals surface area contributed by atoms with Crippen molar-refractivity contribution >= 4 is 12.3 Å². The minimum atomic E-state index is -0.903. The number of hydrogen-bond donors (Lipinski definition) is 1. The quantitative estimate of drug-likeness (QED) is 0.457. The molecule has 0 saturated heterocycles. The Morgan fingerprint density at radius 3 is 2.58 bits per heavy atom. The molecule has 19 heavy (non-hydrogen) atoms. The molecule has 5 heteroatoms. The first-order valence-corrected chi connectivity index (χ1v) is 5.81. The summed E-state index contributed by atoms with van der Waals surface area (Å²) in [5, 5.41) is 9.55. The summed E-state index contributed by atoms with van der Waals surface area (Å²) in [4.78, 5) is 21.4. The summed E-state index contributed by atoms with van der Waals surface area (Å²) in [6, 6.07) is 6.48. The number of rotatable bonds is 7. The Hall–Kier alpha value is -2.14. The molecule has 102 valence electrons. The van der Waals surface area contributed by atoms with Gasteiger partial charge in [0.1, 0.15) is 31.4 Å². The predicted molar refractivity (Wildman–Crippen MR) is 69.1 cm³/mol. The van der Waals surface area contributed by atoms with E-state index in [1.807, 2.05) is 0 Å². The number of hydrogen-bond acceptors (Lipinski definition) is 5. The molecule has 0 aliphatic heterocycles. The fourth-order valence-electron chi connectivity index (χ4n) is 1.25. The van der Waals surface area contributed by atoms with Gasteiger partial charge in [0.05, 0.1) is 0 Å². The van der Waals surface area contributed by atoms with Crippen LogP contribution in [0.25, 0.3) is 0 Å². The minimum Gasteiger partial charge on any atom is -0.491 e. The molecule has 0 bridgehead atoms. The summed E-state index contributed by atoms with van der Waals surface area (Å²) in [6.45, 7) is 1.57. The van der Waals surface area contributed by atoms with Crippen LogP contribution in [-0.2, 0) is 9.53 Å². The number of ether oxygens (including phenoxy) is 2. The number of allylic oxidation sites excluding steroid dienone is 1. The molecule has 1 unspecified atom stereocenters. The van der Waals surface area contributed by atoms with Crippen molar-refractivity contribution in [1.82, 2.24) is 0 Å². The van der Waals surface area contributed by atoms with Gasteiger partial charge in [-0.3, -0.25) is 4.79 Å². The Morgan fingerprint density at radius 1 is 1.32 bits per heavy atom. The molecule has 0 aliphatic rings. The Bertz CT molecular complexity index is 436. The highest BCUT2D eigenvalue weighted by molar-refractivity contribution is 5.81. The van der Waals surface area contributed by atoms with Crippen LogP contribution >= 0.6 is 0 Å². The van der Waals surface area contributed by atoms with Crippen LogP contribution in [0.2, 0.25) is 0 Å². The van der Waals surface area contributed by atoms with Gasteiger partial charge in [-0.25, -0.2) is 4.79 Å². The Labute approximate surface area is 111 Å². The number of benzene rings is 1. The van der Waals surface area contributed by atoms with Crippen molar-refractivity contribution in [2.45, 2.75) is 13.0 Å². The zero-order chi connectivity index (χ0) is 14.1. The first-order chi connectivity index (χ1) is 9.15. The van der Waals surface area contributed by atoms with Crippen molar-refractivity contribution in [2.75, 3.05) is 13.2 Å². The zero-order valence-corrected chi connectivity index (χ0v) is 10.6. The standard InChI is InChI=1S/C14H16O5/c1-2-3-14(17)19-10-12(16)9-18-13-6-4-11(8-15)5-7-13/h2-8,12,16H,9-10H2,1H3. The van der Waals surface area contributed by atoms with E-state index < -0.39 is 12.1 Å². The van der Waals surface area contributed by atoms with Crippen molar-refractivity contribution in [3.05, 3.63) is 42.0 Å². The first kappa shape index (κ1) is 14.9. The minimum absolute atomic E-state index is 0.00353. The van der Waals surface area contributed by atoms with Gasteiger partial charge >= 0.3 is 5.97 Å². The van der Waals surface area contributed by atoms with Gasteiger partial charge < -0.3 is 14.6 Å². The summed E-state index contributed by atoms with van der Waals surface area (Å²) in [5.41, 5.74) is 0.549. The third-order valence-corrected chi connectivity index (χ3v) is 2.18. The largest absolute Gasteiger partial charge is 0.491 e. The van der Waals surface area contributed by atoms with E-state index in [0.717, 1.165) is 6.29 Å². The van der Waals surface area contributed by atoms with Gasteiger partial charge in [-0.05, 0) is 31.2 Å². The second-order valence-electron chi connectivity index (χ2n) is 3.78. The summed E-state index contributed by atoms with van der Waals surface area (Å²) >= 11 is 0. The van der Waals surface area contributed by atoms with E-state index in [-0.39, 0.29) is 13.2 Å². The first-order valence-electron chi connectivity index (χ1n) is 5.81. The maximum Gasteiger partial charge on any atom is 0.330 e.